The van der Waals surface area contributed by atoms with Gasteiger partial charge in [0.2, 0.25) is 0 Å². The smallest absolute Gasteiger partial charge is 0.384 e. The molecule has 82 valence electrons. The normalized spacial score (nSPS) is 10.1. The van der Waals surface area contributed by atoms with Crippen LogP contribution in [0.5, 0.6) is 5.75 Å². The molecule has 0 bridgehead atoms. The third kappa shape index (κ3) is 2.06. The molecule has 0 aliphatic heterocycles. The van der Waals surface area contributed by atoms with Crippen LogP contribution in [0, 0.1) is 0 Å². The van der Waals surface area contributed by atoms with Crippen molar-refractivity contribution in [1.82, 2.24) is 5.16 Å². The molecule has 0 aliphatic rings. The molecule has 16 heavy (non-hydrogen) atoms. The molecule has 2 N–H and O–H groups in total. The van der Waals surface area contributed by atoms with Crippen molar-refractivity contribution in [2.45, 2.75) is 0 Å². The van der Waals surface area contributed by atoms with Crippen LogP contribution >= 0.6 is 15.9 Å². The second kappa shape index (κ2) is 4.36. The molecule has 1 aromatic carbocycles. The van der Waals surface area contributed by atoms with Gasteiger partial charge in [-0.3, -0.25) is 0 Å². The Morgan fingerprint density at radius 3 is 2.81 bits per heavy atom. The van der Waals surface area contributed by atoms with E-state index in [4.69, 9.17) is 10.5 Å². The van der Waals surface area contributed by atoms with E-state index in [0.717, 1.165) is 0 Å². The van der Waals surface area contributed by atoms with Crippen LogP contribution in [-0.2, 0) is 0 Å². The summed E-state index contributed by atoms with van der Waals surface area (Å²) in [6, 6.07) is 6.96. The van der Waals surface area contributed by atoms with E-state index in [-0.39, 0.29) is 11.4 Å². The van der Waals surface area contributed by atoms with Gasteiger partial charge in [-0.25, -0.2) is 4.79 Å². The lowest BCUT2D eigenvalue weighted by molar-refractivity contribution is 0.0691. The van der Waals surface area contributed by atoms with E-state index in [9.17, 15) is 4.79 Å². The molecule has 2 aromatic rings. The Labute approximate surface area is 99.3 Å². The number of carbonyl (C=O) groups excluding carboxylic acids is 1. The monoisotopic (exact) mass is 282 g/mol. The maximum Gasteiger partial charge on any atom is 0.384 e. The van der Waals surface area contributed by atoms with Gasteiger partial charge in [0.25, 0.3) is 5.76 Å². The minimum atomic E-state index is -0.679. The Kier molecular flexibility index (Phi) is 2.91. The number of halogens is 1. The molecule has 0 saturated heterocycles. The molecule has 0 amide bonds. The van der Waals surface area contributed by atoms with Gasteiger partial charge < -0.3 is 15.0 Å². The number of nitrogens with zero attached hydrogens (tertiary/aromatic N) is 1. The lowest BCUT2D eigenvalue weighted by atomic mass is 10.3. The maximum atomic E-state index is 11.6. The molecule has 6 heteroatoms. The summed E-state index contributed by atoms with van der Waals surface area (Å²) < 4.78 is 10.4. The van der Waals surface area contributed by atoms with Crippen molar-refractivity contribution in [3.8, 4) is 5.75 Å². The van der Waals surface area contributed by atoms with Crippen LogP contribution in [-0.4, -0.2) is 11.1 Å². The zero-order valence-electron chi connectivity index (χ0n) is 8.01. The van der Waals surface area contributed by atoms with Gasteiger partial charge in [-0.15, -0.1) is 0 Å². The van der Waals surface area contributed by atoms with Crippen LogP contribution in [0.15, 0.2) is 39.5 Å². The third-order valence-electron chi connectivity index (χ3n) is 1.82. The second-order valence-corrected chi connectivity index (χ2v) is 3.78. The highest BCUT2D eigenvalue weighted by Gasteiger charge is 2.18. The molecule has 5 nitrogen and oxygen atoms in total. The summed E-state index contributed by atoms with van der Waals surface area (Å²) in [6.45, 7) is 0. The van der Waals surface area contributed by atoms with Crippen LogP contribution in [0.3, 0.4) is 0 Å². The van der Waals surface area contributed by atoms with Crippen molar-refractivity contribution < 1.29 is 14.1 Å². The topological polar surface area (TPSA) is 78.4 Å². The van der Waals surface area contributed by atoms with Crippen molar-refractivity contribution in [3.63, 3.8) is 0 Å². The molecule has 1 heterocycles. The van der Waals surface area contributed by atoms with E-state index in [2.05, 4.69) is 25.6 Å². The summed E-state index contributed by atoms with van der Waals surface area (Å²) >= 11 is 3.25. The third-order valence-corrected chi connectivity index (χ3v) is 2.48. The molecule has 0 spiro atoms. The van der Waals surface area contributed by atoms with Crippen LogP contribution in [0.2, 0.25) is 0 Å². The summed E-state index contributed by atoms with van der Waals surface area (Å²) in [6.07, 6.45) is 1.25. The number of hydrogen-bond donors (Lipinski definition) is 1. The van der Waals surface area contributed by atoms with E-state index in [1.165, 1.54) is 6.20 Å². The number of rotatable bonds is 2. The molecule has 0 unspecified atom stereocenters. The standard InChI is InChI=1S/C10H7BrN2O3/c11-6-3-1-2-4-8(6)15-10(14)9-7(12)5-13-16-9/h1-5H,12H2. The van der Waals surface area contributed by atoms with Crippen molar-refractivity contribution >= 4 is 27.6 Å². The summed E-state index contributed by atoms with van der Waals surface area (Å²) in [5.41, 5.74) is 5.61. The highest BCUT2D eigenvalue weighted by Crippen LogP contribution is 2.25. The van der Waals surface area contributed by atoms with Crippen LogP contribution in [0.25, 0.3) is 0 Å². The molecule has 0 fully saturated rings. The van der Waals surface area contributed by atoms with Gasteiger partial charge in [-0.2, -0.15) is 0 Å². The average Bonchev–Trinajstić information content (AvgIpc) is 2.68. The fourth-order valence-electron chi connectivity index (χ4n) is 1.08. The number of nitrogen functional groups attached to an aromatic ring is 1. The number of ether oxygens (including phenoxy) is 1. The molecule has 0 saturated carbocycles. The van der Waals surface area contributed by atoms with Crippen LogP contribution in [0.1, 0.15) is 10.6 Å². The molecule has 1 aromatic heterocycles. The van der Waals surface area contributed by atoms with Gasteiger partial charge in [-0.05, 0) is 28.1 Å². The van der Waals surface area contributed by atoms with E-state index < -0.39 is 5.97 Å². The number of carbonyl (C=O) groups is 1. The number of hydrogen-bond acceptors (Lipinski definition) is 5. The van der Waals surface area contributed by atoms with Gasteiger partial charge in [0.15, 0.2) is 0 Å². The number of nitrogens with two attached hydrogens (primary N) is 1. The minimum Gasteiger partial charge on any atom is -0.419 e. The molecule has 2 rings (SSSR count). The zero-order chi connectivity index (χ0) is 11.5. The Balaban J connectivity index is 2.21. The van der Waals surface area contributed by atoms with Gasteiger partial charge >= 0.3 is 5.97 Å². The van der Waals surface area contributed by atoms with Crippen molar-refractivity contribution in [1.29, 1.82) is 0 Å². The van der Waals surface area contributed by atoms with Gasteiger partial charge in [0, 0.05) is 0 Å². The molecule has 0 radical (unpaired) electrons. The van der Waals surface area contributed by atoms with E-state index >= 15 is 0 Å². The molecule has 0 aliphatic carbocycles. The molecular formula is C10H7BrN2O3. The first-order valence-corrected chi connectivity index (χ1v) is 5.14. The molecule has 0 atom stereocenters. The maximum absolute atomic E-state index is 11.6. The van der Waals surface area contributed by atoms with Crippen molar-refractivity contribution in [2.75, 3.05) is 5.73 Å². The number of benzene rings is 1. The lowest BCUT2D eigenvalue weighted by Crippen LogP contribution is -2.09. The molecular weight excluding hydrogens is 276 g/mol. The summed E-state index contributed by atoms with van der Waals surface area (Å²) in [4.78, 5) is 11.6. The number of para-hydroxylation sites is 1. The number of aromatic nitrogens is 1. The fourth-order valence-corrected chi connectivity index (χ4v) is 1.44. The summed E-state index contributed by atoms with van der Waals surface area (Å²) in [5.74, 6) is -0.388. The largest absolute Gasteiger partial charge is 0.419 e. The first-order valence-electron chi connectivity index (χ1n) is 4.35. The Morgan fingerprint density at radius 1 is 1.44 bits per heavy atom. The second-order valence-electron chi connectivity index (χ2n) is 2.93. The summed E-state index contributed by atoms with van der Waals surface area (Å²) in [5, 5.41) is 3.39. The first-order chi connectivity index (χ1) is 7.68. The van der Waals surface area contributed by atoms with Crippen molar-refractivity contribution in [3.05, 3.63) is 40.7 Å². The SMILES string of the molecule is Nc1cnoc1C(=O)Oc1ccccc1Br. The number of esters is 1. The van der Waals surface area contributed by atoms with Crippen LogP contribution < -0.4 is 10.5 Å². The lowest BCUT2D eigenvalue weighted by Gasteiger charge is -2.03. The van der Waals surface area contributed by atoms with Crippen LogP contribution in [0.4, 0.5) is 5.69 Å². The van der Waals surface area contributed by atoms with Crippen molar-refractivity contribution in [2.24, 2.45) is 0 Å². The Bertz CT molecular complexity index is 524. The number of anilines is 1. The van der Waals surface area contributed by atoms with E-state index in [1.807, 2.05) is 6.07 Å². The average molecular weight is 283 g/mol. The van der Waals surface area contributed by atoms with Gasteiger partial charge in [0.05, 0.1) is 10.7 Å². The highest BCUT2D eigenvalue weighted by atomic mass is 79.9. The quantitative estimate of drug-likeness (QED) is 0.675. The first kappa shape index (κ1) is 10.7. The minimum absolute atomic E-state index is 0.101. The van der Waals surface area contributed by atoms with Gasteiger partial charge in [0.1, 0.15) is 11.4 Å². The zero-order valence-corrected chi connectivity index (χ0v) is 9.60. The predicted octanol–water partition coefficient (Wildman–Crippen LogP) is 2.24. The fraction of sp³-hybridized carbons (Fsp3) is 0. The van der Waals surface area contributed by atoms with Gasteiger partial charge in [-0.1, -0.05) is 17.3 Å². The Morgan fingerprint density at radius 2 is 2.19 bits per heavy atom. The Hall–Kier alpha value is -1.82. The highest BCUT2D eigenvalue weighted by molar-refractivity contribution is 9.10. The van der Waals surface area contributed by atoms with E-state index in [0.29, 0.717) is 10.2 Å². The van der Waals surface area contributed by atoms with E-state index in [1.54, 1.807) is 18.2 Å². The predicted molar refractivity (Wildman–Crippen MR) is 60.0 cm³/mol. The summed E-state index contributed by atoms with van der Waals surface area (Å²) in [7, 11) is 0.